The fraction of sp³-hybridized carbons (Fsp3) is 0.579. The van der Waals surface area contributed by atoms with Crippen LogP contribution in [0.3, 0.4) is 0 Å². The Morgan fingerprint density at radius 1 is 1.20 bits per heavy atom. The van der Waals surface area contributed by atoms with Crippen LogP contribution in [0, 0.1) is 5.92 Å². The maximum atomic E-state index is 13.1. The molecule has 6 nitrogen and oxygen atoms in total. The first-order chi connectivity index (χ1) is 12.1. The zero-order valence-corrected chi connectivity index (χ0v) is 14.6. The van der Waals surface area contributed by atoms with Gasteiger partial charge in [0.2, 0.25) is 11.8 Å². The van der Waals surface area contributed by atoms with Crippen molar-refractivity contribution in [3.63, 3.8) is 0 Å². The van der Waals surface area contributed by atoms with Gasteiger partial charge >= 0.3 is 0 Å². The molecule has 3 aliphatic rings. The van der Waals surface area contributed by atoms with E-state index in [1.54, 1.807) is 0 Å². The van der Waals surface area contributed by atoms with Gasteiger partial charge in [-0.1, -0.05) is 30.3 Å². The van der Waals surface area contributed by atoms with Crippen molar-refractivity contribution >= 4 is 11.8 Å². The first-order valence-electron chi connectivity index (χ1n) is 9.24. The molecule has 3 aliphatic heterocycles. The molecule has 1 aromatic rings. The van der Waals surface area contributed by atoms with Gasteiger partial charge in [0.15, 0.2) is 0 Å². The predicted octanol–water partition coefficient (Wildman–Crippen LogP) is 0.196. The molecule has 6 heteroatoms. The lowest BCUT2D eigenvalue weighted by Gasteiger charge is -2.40. The number of hydrogen-bond donors (Lipinski definition) is 2. The molecule has 3 fully saturated rings. The van der Waals surface area contributed by atoms with Gasteiger partial charge in [-0.15, -0.1) is 0 Å². The van der Waals surface area contributed by atoms with E-state index in [0.717, 1.165) is 32.7 Å². The van der Waals surface area contributed by atoms with E-state index in [2.05, 4.69) is 27.7 Å². The summed E-state index contributed by atoms with van der Waals surface area (Å²) < 4.78 is 0. The van der Waals surface area contributed by atoms with Crippen molar-refractivity contribution in [3.05, 3.63) is 35.9 Å². The minimum atomic E-state index is -0.196. The van der Waals surface area contributed by atoms with E-state index in [4.69, 9.17) is 0 Å². The van der Waals surface area contributed by atoms with Crippen molar-refractivity contribution in [1.29, 1.82) is 0 Å². The summed E-state index contributed by atoms with van der Waals surface area (Å²) in [5.74, 6) is 0.187. The van der Waals surface area contributed by atoms with Crippen molar-refractivity contribution in [2.24, 2.45) is 5.92 Å². The van der Waals surface area contributed by atoms with E-state index in [0.29, 0.717) is 6.42 Å². The molecule has 3 saturated heterocycles. The van der Waals surface area contributed by atoms with E-state index < -0.39 is 0 Å². The molecule has 0 radical (unpaired) electrons. The number of carbonyl (C=O) groups is 2. The molecule has 4 atom stereocenters. The monoisotopic (exact) mass is 342 g/mol. The lowest BCUT2D eigenvalue weighted by Crippen LogP contribution is -2.61. The number of nitrogens with one attached hydrogen (secondary N) is 2. The summed E-state index contributed by atoms with van der Waals surface area (Å²) in [6.07, 6.45) is 0.635. The van der Waals surface area contributed by atoms with Crippen LogP contribution in [-0.4, -0.2) is 65.9 Å². The second-order valence-electron chi connectivity index (χ2n) is 7.38. The molecular formula is C19H26N4O2. The van der Waals surface area contributed by atoms with Crippen LogP contribution in [0.15, 0.2) is 30.3 Å². The summed E-state index contributed by atoms with van der Waals surface area (Å²) >= 11 is 0. The SMILES string of the molecule is CC1NC(=O)[C@@H]2C[C@@H](C(=O)N3CCNCC3)[C@H]1N2Cc1ccccc1. The summed E-state index contributed by atoms with van der Waals surface area (Å²) in [7, 11) is 0. The van der Waals surface area contributed by atoms with Crippen molar-refractivity contribution < 1.29 is 9.59 Å². The van der Waals surface area contributed by atoms with Crippen LogP contribution in [0.25, 0.3) is 0 Å². The third-order valence-electron chi connectivity index (χ3n) is 5.81. The second-order valence-corrected chi connectivity index (χ2v) is 7.38. The molecule has 0 spiro atoms. The molecule has 1 unspecified atom stereocenters. The molecule has 0 aliphatic carbocycles. The van der Waals surface area contributed by atoms with Crippen LogP contribution in [0.4, 0.5) is 0 Å². The van der Waals surface area contributed by atoms with E-state index in [1.165, 1.54) is 5.56 Å². The maximum Gasteiger partial charge on any atom is 0.237 e. The Kier molecular flexibility index (Phi) is 4.48. The van der Waals surface area contributed by atoms with Gasteiger partial charge in [0.1, 0.15) is 0 Å². The van der Waals surface area contributed by atoms with E-state index in [9.17, 15) is 9.59 Å². The minimum Gasteiger partial charge on any atom is -0.351 e. The smallest absolute Gasteiger partial charge is 0.237 e. The number of piperazine rings is 2. The van der Waals surface area contributed by atoms with Crippen molar-refractivity contribution in [2.45, 2.75) is 38.0 Å². The molecule has 2 amide bonds. The van der Waals surface area contributed by atoms with E-state index in [-0.39, 0.29) is 35.9 Å². The Bertz CT molecular complexity index is 644. The molecular weight excluding hydrogens is 316 g/mol. The van der Waals surface area contributed by atoms with Gasteiger partial charge < -0.3 is 15.5 Å². The third kappa shape index (κ3) is 3.04. The van der Waals surface area contributed by atoms with Crippen molar-refractivity contribution in [2.75, 3.05) is 26.2 Å². The summed E-state index contributed by atoms with van der Waals surface area (Å²) in [6.45, 7) is 5.99. The maximum absolute atomic E-state index is 13.1. The molecule has 4 rings (SSSR count). The highest BCUT2D eigenvalue weighted by Crippen LogP contribution is 2.37. The Morgan fingerprint density at radius 2 is 1.92 bits per heavy atom. The highest BCUT2D eigenvalue weighted by atomic mass is 16.2. The molecule has 25 heavy (non-hydrogen) atoms. The normalized spacial score (nSPS) is 32.5. The Morgan fingerprint density at radius 3 is 2.64 bits per heavy atom. The number of fused-ring (bicyclic) bond motifs is 2. The quantitative estimate of drug-likeness (QED) is 0.823. The zero-order valence-electron chi connectivity index (χ0n) is 14.6. The summed E-state index contributed by atoms with van der Waals surface area (Å²) in [6, 6.07) is 10.1. The number of benzene rings is 1. The number of rotatable bonds is 3. The molecule has 134 valence electrons. The van der Waals surface area contributed by atoms with Crippen LogP contribution < -0.4 is 10.6 Å². The van der Waals surface area contributed by atoms with Crippen LogP contribution in [0.1, 0.15) is 18.9 Å². The van der Waals surface area contributed by atoms with E-state index >= 15 is 0 Å². The minimum absolute atomic E-state index is 0.00757. The van der Waals surface area contributed by atoms with Crippen LogP contribution in [0.5, 0.6) is 0 Å². The first kappa shape index (κ1) is 16.5. The highest BCUT2D eigenvalue weighted by Gasteiger charge is 2.53. The Labute approximate surface area is 148 Å². The first-order valence-corrected chi connectivity index (χ1v) is 9.24. The van der Waals surface area contributed by atoms with Gasteiger partial charge in [-0.25, -0.2) is 0 Å². The van der Waals surface area contributed by atoms with Gasteiger partial charge in [-0.3, -0.25) is 14.5 Å². The van der Waals surface area contributed by atoms with Gasteiger partial charge in [0.05, 0.1) is 12.0 Å². The fourth-order valence-electron chi connectivity index (χ4n) is 4.63. The van der Waals surface area contributed by atoms with Crippen molar-refractivity contribution in [1.82, 2.24) is 20.4 Å². The molecule has 1 aromatic carbocycles. The van der Waals surface area contributed by atoms with Gasteiger partial charge in [0.25, 0.3) is 0 Å². The predicted molar refractivity (Wildman–Crippen MR) is 94.7 cm³/mol. The molecule has 3 heterocycles. The highest BCUT2D eigenvalue weighted by molar-refractivity contribution is 5.88. The molecule has 0 saturated carbocycles. The second kappa shape index (κ2) is 6.77. The number of nitrogens with zero attached hydrogens (tertiary/aromatic N) is 2. The van der Waals surface area contributed by atoms with Crippen LogP contribution >= 0.6 is 0 Å². The molecule has 2 N–H and O–H groups in total. The molecule has 0 aromatic heterocycles. The van der Waals surface area contributed by atoms with Crippen LogP contribution in [0.2, 0.25) is 0 Å². The topological polar surface area (TPSA) is 64.7 Å². The van der Waals surface area contributed by atoms with Gasteiger partial charge in [-0.05, 0) is 18.9 Å². The summed E-state index contributed by atoms with van der Waals surface area (Å²) in [5, 5.41) is 6.37. The standard InChI is InChI=1S/C19H26N4O2/c1-13-17-15(19(25)22-9-7-20-8-10-22)11-16(18(24)21-13)23(17)12-14-5-3-2-4-6-14/h2-6,13,15-17,20H,7-12H2,1H3,(H,21,24)/t13?,15-,16+,17+/m1/s1. The van der Waals surface area contributed by atoms with Crippen LogP contribution in [-0.2, 0) is 16.1 Å². The van der Waals surface area contributed by atoms with Gasteiger partial charge in [0, 0.05) is 44.8 Å². The lowest BCUT2D eigenvalue weighted by molar-refractivity contribution is -0.138. The third-order valence-corrected chi connectivity index (χ3v) is 5.81. The number of amides is 2. The average molecular weight is 342 g/mol. The zero-order chi connectivity index (χ0) is 17.4. The van der Waals surface area contributed by atoms with Crippen molar-refractivity contribution in [3.8, 4) is 0 Å². The average Bonchev–Trinajstić information content (AvgIpc) is 2.95. The number of carbonyl (C=O) groups excluding carboxylic acids is 2. The summed E-state index contributed by atoms with van der Waals surface area (Å²) in [4.78, 5) is 29.9. The molecule has 2 bridgehead atoms. The Hall–Kier alpha value is -1.92. The Balaban J connectivity index is 1.57. The number of hydrogen-bond acceptors (Lipinski definition) is 4. The lowest BCUT2D eigenvalue weighted by atomic mass is 9.93. The summed E-state index contributed by atoms with van der Waals surface area (Å²) in [5.41, 5.74) is 1.19. The van der Waals surface area contributed by atoms with Gasteiger partial charge in [-0.2, -0.15) is 0 Å². The van der Waals surface area contributed by atoms with E-state index in [1.807, 2.05) is 30.0 Å². The fourth-order valence-corrected chi connectivity index (χ4v) is 4.63. The largest absolute Gasteiger partial charge is 0.351 e.